The fraction of sp³-hybridized carbons (Fsp3) is 0.455. The zero-order valence-corrected chi connectivity index (χ0v) is 8.35. The maximum atomic E-state index is 13.4. The van der Waals surface area contributed by atoms with E-state index in [2.05, 4.69) is 0 Å². The molecule has 0 aliphatic rings. The van der Waals surface area contributed by atoms with Gasteiger partial charge in [0.2, 0.25) is 0 Å². The molecular formula is C11H14F2O. The lowest BCUT2D eigenvalue weighted by molar-refractivity contribution is -0.0275. The van der Waals surface area contributed by atoms with Gasteiger partial charge in [0.25, 0.3) is 5.92 Å². The highest BCUT2D eigenvalue weighted by Gasteiger charge is 2.31. The van der Waals surface area contributed by atoms with Gasteiger partial charge in [0.15, 0.2) is 0 Å². The van der Waals surface area contributed by atoms with Gasteiger partial charge in [-0.1, -0.05) is 23.8 Å². The molecule has 0 aliphatic carbocycles. The average Bonchev–Trinajstić information content (AvgIpc) is 2.02. The smallest absolute Gasteiger partial charge is 0.275 e. The third kappa shape index (κ3) is 2.29. The van der Waals surface area contributed by atoms with Crippen LogP contribution in [0.25, 0.3) is 0 Å². The van der Waals surface area contributed by atoms with Crippen LogP contribution in [0.2, 0.25) is 0 Å². The Hall–Kier alpha value is -0.960. The molecule has 3 heteroatoms. The zero-order chi connectivity index (χ0) is 10.8. The van der Waals surface area contributed by atoms with E-state index < -0.39 is 19.0 Å². The van der Waals surface area contributed by atoms with Crippen LogP contribution in [0.15, 0.2) is 18.2 Å². The van der Waals surface area contributed by atoms with Crippen molar-refractivity contribution in [2.45, 2.75) is 26.2 Å². The van der Waals surface area contributed by atoms with Gasteiger partial charge in [-0.3, -0.25) is 0 Å². The molecule has 0 amide bonds. The van der Waals surface area contributed by atoms with Gasteiger partial charge in [0.05, 0.1) is 0 Å². The summed E-state index contributed by atoms with van der Waals surface area (Å²) in [6.07, 6.45) is -0.517. The second kappa shape index (κ2) is 4.05. The van der Waals surface area contributed by atoms with E-state index in [1.165, 1.54) is 6.07 Å². The number of benzene rings is 1. The van der Waals surface area contributed by atoms with Crippen molar-refractivity contribution in [2.24, 2.45) is 0 Å². The number of rotatable bonds is 3. The molecule has 1 aromatic rings. The number of hydrogen-bond acceptors (Lipinski definition) is 1. The van der Waals surface area contributed by atoms with E-state index >= 15 is 0 Å². The van der Waals surface area contributed by atoms with Crippen molar-refractivity contribution >= 4 is 0 Å². The Morgan fingerprint density at radius 3 is 2.43 bits per heavy atom. The summed E-state index contributed by atoms with van der Waals surface area (Å²) in [5.74, 6) is -2.92. The fourth-order valence-electron chi connectivity index (χ4n) is 1.50. The largest absolute Gasteiger partial charge is 0.396 e. The van der Waals surface area contributed by atoms with Crippen LogP contribution in [-0.2, 0) is 5.92 Å². The third-order valence-corrected chi connectivity index (χ3v) is 2.20. The third-order valence-electron chi connectivity index (χ3n) is 2.20. The van der Waals surface area contributed by atoms with Crippen LogP contribution in [0.4, 0.5) is 8.78 Å². The highest BCUT2D eigenvalue weighted by Crippen LogP contribution is 2.33. The Labute approximate surface area is 82.4 Å². The summed E-state index contributed by atoms with van der Waals surface area (Å²) in [6.45, 7) is 3.02. The lowest BCUT2D eigenvalue weighted by Gasteiger charge is -2.18. The number of aryl methyl sites for hydroxylation is 2. The average molecular weight is 200 g/mol. The zero-order valence-electron chi connectivity index (χ0n) is 8.35. The molecule has 14 heavy (non-hydrogen) atoms. The molecule has 1 nitrogen and oxygen atoms in total. The van der Waals surface area contributed by atoms with Gasteiger partial charge in [-0.15, -0.1) is 0 Å². The Morgan fingerprint density at radius 2 is 1.93 bits per heavy atom. The van der Waals surface area contributed by atoms with Gasteiger partial charge < -0.3 is 5.11 Å². The van der Waals surface area contributed by atoms with E-state index in [1.807, 2.05) is 6.92 Å². The second-order valence-electron chi connectivity index (χ2n) is 3.50. The molecule has 0 bridgehead atoms. The molecule has 1 N–H and O–H groups in total. The summed E-state index contributed by atoms with van der Waals surface area (Å²) in [6, 6.07) is 4.81. The van der Waals surface area contributed by atoms with Crippen molar-refractivity contribution in [3.8, 4) is 0 Å². The highest BCUT2D eigenvalue weighted by atomic mass is 19.3. The van der Waals surface area contributed by atoms with Crippen LogP contribution in [0, 0.1) is 13.8 Å². The van der Waals surface area contributed by atoms with Crippen LogP contribution < -0.4 is 0 Å². The maximum Gasteiger partial charge on any atom is 0.275 e. The van der Waals surface area contributed by atoms with Crippen LogP contribution in [0.5, 0.6) is 0 Å². The first kappa shape index (κ1) is 11.1. The van der Waals surface area contributed by atoms with Gasteiger partial charge in [0, 0.05) is 18.6 Å². The topological polar surface area (TPSA) is 20.2 Å². The predicted molar refractivity (Wildman–Crippen MR) is 51.5 cm³/mol. The number of aliphatic hydroxyl groups excluding tert-OH is 1. The first-order valence-corrected chi connectivity index (χ1v) is 4.54. The first-order chi connectivity index (χ1) is 6.47. The maximum absolute atomic E-state index is 13.4. The molecule has 0 heterocycles. The normalized spacial score (nSPS) is 11.8. The molecule has 1 rings (SSSR count). The molecule has 0 unspecified atom stereocenters. The molecular weight excluding hydrogens is 186 g/mol. The number of alkyl halides is 2. The highest BCUT2D eigenvalue weighted by molar-refractivity contribution is 5.33. The van der Waals surface area contributed by atoms with E-state index in [0.717, 1.165) is 5.56 Å². The van der Waals surface area contributed by atoms with Crippen molar-refractivity contribution in [1.82, 2.24) is 0 Å². The van der Waals surface area contributed by atoms with E-state index in [9.17, 15) is 8.78 Å². The summed E-state index contributed by atoms with van der Waals surface area (Å²) in [7, 11) is 0. The Balaban J connectivity index is 3.06. The lowest BCUT2D eigenvalue weighted by Crippen LogP contribution is -2.16. The fourth-order valence-corrected chi connectivity index (χ4v) is 1.50. The van der Waals surface area contributed by atoms with Crippen molar-refractivity contribution in [3.63, 3.8) is 0 Å². The monoisotopic (exact) mass is 200 g/mol. The molecule has 1 aromatic carbocycles. The summed E-state index contributed by atoms with van der Waals surface area (Å²) >= 11 is 0. The van der Waals surface area contributed by atoms with E-state index in [4.69, 9.17) is 5.11 Å². The predicted octanol–water partition coefficient (Wildman–Crippen LogP) is 2.78. The van der Waals surface area contributed by atoms with E-state index in [-0.39, 0.29) is 5.56 Å². The van der Waals surface area contributed by atoms with Gasteiger partial charge >= 0.3 is 0 Å². The molecule has 0 aromatic heterocycles. The Morgan fingerprint density at radius 1 is 1.29 bits per heavy atom. The molecule has 0 aliphatic heterocycles. The minimum Gasteiger partial charge on any atom is -0.396 e. The lowest BCUT2D eigenvalue weighted by atomic mass is 9.98. The number of aliphatic hydroxyl groups is 1. The van der Waals surface area contributed by atoms with Crippen LogP contribution in [0.1, 0.15) is 23.1 Å². The second-order valence-corrected chi connectivity index (χ2v) is 3.50. The van der Waals surface area contributed by atoms with Gasteiger partial charge in [0.1, 0.15) is 0 Å². The van der Waals surface area contributed by atoms with Crippen LogP contribution >= 0.6 is 0 Å². The molecule has 0 fully saturated rings. The molecule has 0 saturated heterocycles. The van der Waals surface area contributed by atoms with Gasteiger partial charge in [-0.05, 0) is 19.4 Å². The van der Waals surface area contributed by atoms with E-state index in [0.29, 0.717) is 5.56 Å². The molecule has 78 valence electrons. The van der Waals surface area contributed by atoms with E-state index in [1.54, 1.807) is 19.1 Å². The van der Waals surface area contributed by atoms with Gasteiger partial charge in [-0.25, -0.2) is 8.78 Å². The molecule has 0 atom stereocenters. The Bertz CT molecular complexity index is 321. The SMILES string of the molecule is Cc1ccc(C(F)(F)CCO)c(C)c1. The van der Waals surface area contributed by atoms with Crippen LogP contribution in [0.3, 0.4) is 0 Å². The number of hydrogen-bond donors (Lipinski definition) is 1. The van der Waals surface area contributed by atoms with Crippen LogP contribution in [-0.4, -0.2) is 11.7 Å². The Kier molecular flexibility index (Phi) is 3.21. The minimum absolute atomic E-state index is 0.0113. The van der Waals surface area contributed by atoms with Gasteiger partial charge in [-0.2, -0.15) is 0 Å². The molecule has 0 spiro atoms. The van der Waals surface area contributed by atoms with Crippen molar-refractivity contribution in [3.05, 3.63) is 34.9 Å². The standard InChI is InChI=1S/C11H14F2O/c1-8-3-4-10(9(2)7-8)11(12,13)5-6-14/h3-4,7,14H,5-6H2,1-2H3. The summed E-state index contributed by atoms with van der Waals surface area (Å²) < 4.78 is 26.8. The summed E-state index contributed by atoms with van der Waals surface area (Å²) in [4.78, 5) is 0. The van der Waals surface area contributed by atoms with Crippen molar-refractivity contribution in [1.29, 1.82) is 0 Å². The first-order valence-electron chi connectivity index (χ1n) is 4.54. The van der Waals surface area contributed by atoms with Crippen molar-refractivity contribution in [2.75, 3.05) is 6.61 Å². The number of halogens is 2. The minimum atomic E-state index is -2.92. The van der Waals surface area contributed by atoms with Crippen molar-refractivity contribution < 1.29 is 13.9 Å². The summed E-state index contributed by atoms with van der Waals surface area (Å²) in [5, 5.41) is 8.53. The summed E-state index contributed by atoms with van der Waals surface area (Å²) in [5.41, 5.74) is 1.55. The molecule has 0 saturated carbocycles. The quantitative estimate of drug-likeness (QED) is 0.795. The molecule has 0 radical (unpaired) electrons.